The number of nitrogens with one attached hydrogen (secondary N) is 1. The molecule has 17 heavy (non-hydrogen) atoms. The summed E-state index contributed by atoms with van der Waals surface area (Å²) in [7, 11) is 1.51. The van der Waals surface area contributed by atoms with Crippen molar-refractivity contribution in [2.75, 3.05) is 7.11 Å². The number of carbonyl (C=O) groups is 1. The second-order valence-electron chi connectivity index (χ2n) is 3.35. The molecule has 1 aromatic carbocycles. The van der Waals surface area contributed by atoms with E-state index >= 15 is 0 Å². The number of hydrogen-bond acceptors (Lipinski definition) is 3. The summed E-state index contributed by atoms with van der Waals surface area (Å²) in [5, 5.41) is -0.274. The zero-order chi connectivity index (χ0) is 12.6. The molecular weight excluding hydrogens is 309 g/mol. The van der Waals surface area contributed by atoms with Gasteiger partial charge in [0.15, 0.2) is 5.43 Å². The van der Waals surface area contributed by atoms with Gasteiger partial charge in [-0.3, -0.25) is 9.59 Å². The lowest BCUT2D eigenvalue weighted by Crippen LogP contribution is -2.07. The van der Waals surface area contributed by atoms with Crippen molar-refractivity contribution in [2.24, 2.45) is 0 Å². The van der Waals surface area contributed by atoms with Gasteiger partial charge in [-0.15, -0.1) is 0 Å². The van der Waals surface area contributed by atoms with Gasteiger partial charge in [0, 0.05) is 10.5 Å². The minimum atomic E-state index is -0.702. The number of ether oxygens (including phenoxy) is 1. The maximum Gasteiger partial charge on any atom is 0.268 e. The Morgan fingerprint density at radius 3 is 2.71 bits per heavy atom. The van der Waals surface area contributed by atoms with Crippen LogP contribution in [0.4, 0.5) is 0 Å². The van der Waals surface area contributed by atoms with Crippen molar-refractivity contribution in [3.05, 3.63) is 38.6 Å². The molecule has 0 bridgehead atoms. The van der Waals surface area contributed by atoms with Crippen molar-refractivity contribution < 1.29 is 9.53 Å². The van der Waals surface area contributed by atoms with E-state index in [4.69, 9.17) is 16.3 Å². The van der Waals surface area contributed by atoms with Crippen molar-refractivity contribution in [1.29, 1.82) is 0 Å². The molecule has 0 radical (unpaired) electrons. The van der Waals surface area contributed by atoms with Crippen LogP contribution in [0.25, 0.3) is 10.9 Å². The Hall–Kier alpha value is -1.33. The number of benzene rings is 1. The number of hydrogen-bond donors (Lipinski definition) is 1. The molecule has 1 heterocycles. The number of H-pyrrole nitrogens is 1. The van der Waals surface area contributed by atoms with Gasteiger partial charge >= 0.3 is 0 Å². The van der Waals surface area contributed by atoms with Crippen LogP contribution < -0.4 is 10.2 Å². The molecule has 2 aromatic rings. The fourth-order valence-corrected chi connectivity index (χ4v) is 2.15. The van der Waals surface area contributed by atoms with Crippen LogP contribution in [0.3, 0.4) is 0 Å². The molecule has 1 N–H and O–H groups in total. The van der Waals surface area contributed by atoms with Gasteiger partial charge in [0.2, 0.25) is 0 Å². The molecule has 0 saturated carbocycles. The van der Waals surface area contributed by atoms with Gasteiger partial charge in [0.1, 0.15) is 11.4 Å². The third kappa shape index (κ3) is 2.21. The molecule has 0 fully saturated rings. The Balaban J connectivity index is 2.86. The normalized spacial score (nSPS) is 10.5. The number of pyridine rings is 1. The topological polar surface area (TPSA) is 59.2 Å². The zero-order valence-electron chi connectivity index (χ0n) is 8.71. The summed E-state index contributed by atoms with van der Waals surface area (Å²) in [4.78, 5) is 25.7. The lowest BCUT2D eigenvalue weighted by atomic mass is 10.2. The van der Waals surface area contributed by atoms with Crippen molar-refractivity contribution >= 4 is 43.7 Å². The average Bonchev–Trinajstić information content (AvgIpc) is 2.29. The fourth-order valence-electron chi connectivity index (χ4n) is 1.51. The molecule has 1 aromatic heterocycles. The Bertz CT molecular complexity index is 666. The van der Waals surface area contributed by atoms with Gasteiger partial charge in [-0.05, 0) is 39.7 Å². The number of rotatable bonds is 2. The van der Waals surface area contributed by atoms with E-state index in [1.54, 1.807) is 12.1 Å². The molecular formula is C11H7BrClNO3. The first-order valence-electron chi connectivity index (χ1n) is 4.63. The number of aromatic amines is 1. The molecule has 0 spiro atoms. The molecule has 0 atom stereocenters. The Morgan fingerprint density at radius 1 is 1.41 bits per heavy atom. The standard InChI is InChI=1S/C11H7BrClNO3/c1-17-5-2-6-9(15)4-8(11(13)16)14-10(6)7(12)3-5/h2-4H,1H3,(H,14,15). The molecule has 6 heteroatoms. The largest absolute Gasteiger partial charge is 0.497 e. The van der Waals surface area contributed by atoms with Crippen molar-refractivity contribution in [2.45, 2.75) is 0 Å². The van der Waals surface area contributed by atoms with Gasteiger partial charge in [-0.2, -0.15) is 0 Å². The predicted octanol–water partition coefficient (Wildman–Crippen LogP) is 2.68. The minimum Gasteiger partial charge on any atom is -0.497 e. The average molecular weight is 317 g/mol. The molecule has 88 valence electrons. The van der Waals surface area contributed by atoms with Crippen molar-refractivity contribution in [1.82, 2.24) is 4.98 Å². The van der Waals surface area contributed by atoms with E-state index in [0.717, 1.165) is 0 Å². The van der Waals surface area contributed by atoms with Gasteiger partial charge in [-0.1, -0.05) is 0 Å². The second-order valence-corrected chi connectivity index (χ2v) is 4.55. The molecule has 0 aliphatic carbocycles. The number of carbonyl (C=O) groups excluding carboxylic acids is 1. The smallest absolute Gasteiger partial charge is 0.268 e. The highest BCUT2D eigenvalue weighted by Crippen LogP contribution is 2.26. The number of halogens is 2. The maximum absolute atomic E-state index is 11.8. The molecule has 0 aliphatic heterocycles. The SMILES string of the molecule is COc1cc(Br)c2[nH]c(C(=O)Cl)cc(=O)c2c1. The summed E-state index contributed by atoms with van der Waals surface area (Å²) in [5.74, 6) is 0.555. The first-order valence-corrected chi connectivity index (χ1v) is 5.80. The van der Waals surface area contributed by atoms with E-state index in [2.05, 4.69) is 20.9 Å². The Morgan fingerprint density at radius 2 is 2.12 bits per heavy atom. The van der Waals surface area contributed by atoms with E-state index in [1.165, 1.54) is 13.2 Å². The number of methoxy groups -OCH3 is 1. The second kappa shape index (κ2) is 4.50. The van der Waals surface area contributed by atoms with Gasteiger partial charge < -0.3 is 9.72 Å². The van der Waals surface area contributed by atoms with Crippen LogP contribution in [0.2, 0.25) is 0 Å². The van der Waals surface area contributed by atoms with E-state index in [9.17, 15) is 9.59 Å². The summed E-state index contributed by atoms with van der Waals surface area (Å²) in [6, 6.07) is 4.46. The Labute approximate surface area is 110 Å². The first-order chi connectivity index (χ1) is 8.02. The monoisotopic (exact) mass is 315 g/mol. The van der Waals surface area contributed by atoms with Crippen LogP contribution >= 0.6 is 27.5 Å². The lowest BCUT2D eigenvalue weighted by Gasteiger charge is -2.06. The highest BCUT2D eigenvalue weighted by Gasteiger charge is 2.10. The molecule has 2 rings (SSSR count). The van der Waals surface area contributed by atoms with Crippen LogP contribution in [0.15, 0.2) is 27.5 Å². The molecule has 0 unspecified atom stereocenters. The molecule has 0 saturated heterocycles. The zero-order valence-corrected chi connectivity index (χ0v) is 11.1. The minimum absolute atomic E-state index is 0.0648. The number of fused-ring (bicyclic) bond motifs is 1. The molecule has 0 aliphatic rings. The third-order valence-corrected chi connectivity index (χ3v) is 3.14. The Kier molecular flexibility index (Phi) is 3.22. The summed E-state index contributed by atoms with van der Waals surface area (Å²) in [6.45, 7) is 0. The summed E-state index contributed by atoms with van der Waals surface area (Å²) in [6.07, 6.45) is 0. The lowest BCUT2D eigenvalue weighted by molar-refractivity contribution is 0.107. The van der Waals surface area contributed by atoms with E-state index in [1.807, 2.05) is 0 Å². The van der Waals surface area contributed by atoms with Crippen LogP contribution in [-0.2, 0) is 0 Å². The van der Waals surface area contributed by atoms with Crippen LogP contribution in [0, 0.1) is 0 Å². The highest BCUT2D eigenvalue weighted by molar-refractivity contribution is 9.10. The van der Waals surface area contributed by atoms with E-state index in [-0.39, 0.29) is 11.1 Å². The van der Waals surface area contributed by atoms with Gasteiger partial charge in [0.25, 0.3) is 5.24 Å². The van der Waals surface area contributed by atoms with E-state index < -0.39 is 5.24 Å². The summed E-state index contributed by atoms with van der Waals surface area (Å²) in [5.41, 5.74) is 0.291. The molecule has 0 amide bonds. The highest BCUT2D eigenvalue weighted by atomic mass is 79.9. The molecule has 4 nitrogen and oxygen atoms in total. The van der Waals surface area contributed by atoms with Gasteiger partial charge in [0.05, 0.1) is 18.0 Å². The van der Waals surface area contributed by atoms with Crippen LogP contribution in [-0.4, -0.2) is 17.3 Å². The third-order valence-electron chi connectivity index (χ3n) is 2.31. The van der Waals surface area contributed by atoms with Crippen LogP contribution in [0.1, 0.15) is 10.5 Å². The summed E-state index contributed by atoms with van der Waals surface area (Å²) < 4.78 is 5.69. The fraction of sp³-hybridized carbons (Fsp3) is 0.0909. The number of aromatic nitrogens is 1. The predicted molar refractivity (Wildman–Crippen MR) is 69.0 cm³/mol. The quantitative estimate of drug-likeness (QED) is 0.867. The maximum atomic E-state index is 11.8. The van der Waals surface area contributed by atoms with Gasteiger partial charge in [-0.25, -0.2) is 0 Å². The van der Waals surface area contributed by atoms with Crippen molar-refractivity contribution in [3.8, 4) is 5.75 Å². The van der Waals surface area contributed by atoms with E-state index in [0.29, 0.717) is 21.1 Å². The first kappa shape index (κ1) is 12.1. The summed E-state index contributed by atoms with van der Waals surface area (Å²) >= 11 is 8.64. The van der Waals surface area contributed by atoms with Crippen molar-refractivity contribution in [3.63, 3.8) is 0 Å². The van der Waals surface area contributed by atoms with Crippen LogP contribution in [0.5, 0.6) is 5.75 Å².